The van der Waals surface area contributed by atoms with Gasteiger partial charge in [-0.05, 0) is 78.7 Å². The predicted octanol–water partition coefficient (Wildman–Crippen LogP) is 15.3. The van der Waals surface area contributed by atoms with Gasteiger partial charge in [-0.25, -0.2) is 0 Å². The van der Waals surface area contributed by atoms with Crippen molar-refractivity contribution in [2.24, 2.45) is 0 Å². The molecule has 4 heteroatoms. The number of nitrogens with zero attached hydrogens (tertiary/aromatic N) is 2. The Balaban J connectivity index is 1.13. The molecule has 4 aromatic heterocycles. The summed E-state index contributed by atoms with van der Waals surface area (Å²) in [5, 5.41) is 8.24. The zero-order valence-electron chi connectivity index (χ0n) is 32.1. The van der Waals surface area contributed by atoms with Crippen LogP contribution in [0.5, 0.6) is 0 Å². The van der Waals surface area contributed by atoms with Gasteiger partial charge < -0.3 is 13.6 Å². The van der Waals surface area contributed by atoms with Crippen LogP contribution in [0.2, 0.25) is 0 Å². The summed E-state index contributed by atoms with van der Waals surface area (Å²) in [5.74, 6) is 3.01. The molecule has 59 heavy (non-hydrogen) atoms. The molecule has 0 atom stereocenters. The first-order valence-corrected chi connectivity index (χ1v) is 20.7. The monoisotopic (exact) mass is 770 g/mol. The fourth-order valence-electron chi connectivity index (χ4n) is 9.34. The van der Waals surface area contributed by atoms with Gasteiger partial charge in [0.1, 0.15) is 11.2 Å². The Morgan fingerprint density at radius 3 is 2.02 bits per heavy atom. The number of thiophene rings is 1. The van der Waals surface area contributed by atoms with Gasteiger partial charge in [-0.1, -0.05) is 127 Å². The van der Waals surface area contributed by atoms with E-state index < -0.39 is 0 Å². The predicted molar refractivity (Wildman–Crippen MR) is 251 cm³/mol. The Morgan fingerprint density at radius 2 is 1.20 bits per heavy atom. The average Bonchev–Trinajstić information content (AvgIpc) is 4.03. The number of rotatable bonds is 5. The van der Waals surface area contributed by atoms with Gasteiger partial charge in [-0.15, -0.1) is 17.8 Å². The third-order valence-corrected chi connectivity index (χ3v) is 13.1. The second-order valence-corrected chi connectivity index (χ2v) is 16.2. The van der Waals surface area contributed by atoms with Gasteiger partial charge in [0.25, 0.3) is 0 Å². The first-order valence-electron chi connectivity index (χ1n) is 19.9. The van der Waals surface area contributed by atoms with Crippen LogP contribution in [0.4, 0.5) is 0 Å². The van der Waals surface area contributed by atoms with Crippen LogP contribution in [0.3, 0.4) is 0 Å². The number of para-hydroxylation sites is 4. The fraction of sp³-hybridized carbons (Fsp3) is 0.0182. The van der Waals surface area contributed by atoms with Gasteiger partial charge in [0, 0.05) is 69.6 Å². The summed E-state index contributed by atoms with van der Waals surface area (Å²) in [6.07, 6.45) is 10.4. The second-order valence-electron chi connectivity index (χ2n) is 15.1. The summed E-state index contributed by atoms with van der Waals surface area (Å²) in [4.78, 5) is 0. The Bertz CT molecular complexity index is 3750. The molecule has 276 valence electrons. The van der Waals surface area contributed by atoms with Gasteiger partial charge in [0.05, 0.1) is 27.8 Å². The highest BCUT2D eigenvalue weighted by molar-refractivity contribution is 7.26. The van der Waals surface area contributed by atoms with Crippen LogP contribution in [0.15, 0.2) is 180 Å². The lowest BCUT2D eigenvalue weighted by molar-refractivity contribution is 0.670. The van der Waals surface area contributed by atoms with Crippen LogP contribution in [0, 0.1) is 12.3 Å². The molecule has 0 aliphatic rings. The second kappa shape index (κ2) is 13.0. The van der Waals surface area contributed by atoms with Crippen molar-refractivity contribution in [3.8, 4) is 46.0 Å². The van der Waals surface area contributed by atoms with Gasteiger partial charge in [-0.2, -0.15) is 0 Å². The van der Waals surface area contributed by atoms with Crippen molar-refractivity contribution < 1.29 is 4.42 Å². The number of furan rings is 1. The highest BCUT2D eigenvalue weighted by Crippen LogP contribution is 2.46. The van der Waals surface area contributed by atoms with Crippen molar-refractivity contribution in [2.75, 3.05) is 0 Å². The molecule has 0 aliphatic heterocycles. The van der Waals surface area contributed by atoms with E-state index in [1.54, 1.807) is 0 Å². The molecule has 0 aliphatic carbocycles. The van der Waals surface area contributed by atoms with Gasteiger partial charge >= 0.3 is 0 Å². The molecule has 0 saturated carbocycles. The number of hydrogen-bond donors (Lipinski definition) is 0. The quantitative estimate of drug-likeness (QED) is 0.160. The molecule has 0 fully saturated rings. The lowest BCUT2D eigenvalue weighted by atomic mass is 9.99. The van der Waals surface area contributed by atoms with E-state index in [1.165, 1.54) is 36.5 Å². The van der Waals surface area contributed by atoms with Gasteiger partial charge in [0.2, 0.25) is 0 Å². The number of allylic oxidation sites excluding steroid dienone is 1. The molecule has 12 rings (SSSR count). The van der Waals surface area contributed by atoms with Crippen molar-refractivity contribution in [3.63, 3.8) is 0 Å². The van der Waals surface area contributed by atoms with Crippen LogP contribution < -0.4 is 0 Å². The molecule has 3 nitrogen and oxygen atoms in total. The maximum absolute atomic E-state index is 6.67. The summed E-state index contributed by atoms with van der Waals surface area (Å²) >= 11 is 1.85. The third-order valence-electron chi connectivity index (χ3n) is 11.9. The summed E-state index contributed by atoms with van der Waals surface area (Å²) in [5.41, 5.74) is 13.8. The molecule has 12 aromatic rings. The van der Waals surface area contributed by atoms with Gasteiger partial charge in [0.15, 0.2) is 0 Å². The number of benzene rings is 8. The normalized spacial score (nSPS) is 12.1. The van der Waals surface area contributed by atoms with Crippen molar-refractivity contribution in [1.29, 1.82) is 0 Å². The molecule has 0 amide bonds. The number of terminal acetylenes is 1. The Morgan fingerprint density at radius 1 is 0.525 bits per heavy atom. The lowest BCUT2D eigenvalue weighted by Gasteiger charge is -2.13. The molecular weight excluding hydrogens is 737 g/mol. The van der Waals surface area contributed by atoms with Gasteiger partial charge in [-0.3, -0.25) is 0 Å². The maximum Gasteiger partial charge on any atom is 0.143 e. The highest BCUT2D eigenvalue weighted by atomic mass is 32.1. The smallest absolute Gasteiger partial charge is 0.143 e. The Labute approximate surface area is 344 Å². The molecule has 4 heterocycles. The minimum Gasteiger partial charge on any atom is -0.455 e. The van der Waals surface area contributed by atoms with E-state index in [4.69, 9.17) is 10.8 Å². The average molecular weight is 771 g/mol. The molecular formula is C55H34N2OS. The molecule has 0 N–H and O–H groups in total. The van der Waals surface area contributed by atoms with Crippen molar-refractivity contribution in [3.05, 3.63) is 187 Å². The molecule has 0 saturated heterocycles. The number of aromatic nitrogens is 2. The van der Waals surface area contributed by atoms with E-state index in [2.05, 4.69) is 185 Å². The SMILES string of the molecule is C#Cc1c(/C=C\C)n(-c2ccccc2)c2cc(-c3ccc4c5ccccc5n(-c5cc(-c6cccc7c6oc6ccccc67)c6sc7ccccc7c6c5)c4c3)ccc12. The Kier molecular flexibility index (Phi) is 7.38. The van der Waals surface area contributed by atoms with Crippen molar-refractivity contribution in [1.82, 2.24) is 9.13 Å². The van der Waals surface area contributed by atoms with E-state index in [9.17, 15) is 0 Å². The lowest BCUT2D eigenvalue weighted by Crippen LogP contribution is -1.97. The zero-order valence-corrected chi connectivity index (χ0v) is 32.9. The molecule has 0 unspecified atom stereocenters. The minimum absolute atomic E-state index is 0.898. The molecule has 0 radical (unpaired) electrons. The number of hydrogen-bond acceptors (Lipinski definition) is 2. The minimum atomic E-state index is 0.898. The molecule has 0 spiro atoms. The van der Waals surface area contributed by atoms with E-state index in [1.807, 2.05) is 30.4 Å². The van der Waals surface area contributed by atoms with Crippen molar-refractivity contribution >= 4 is 92.2 Å². The number of fused-ring (bicyclic) bond motifs is 10. The summed E-state index contributed by atoms with van der Waals surface area (Å²) in [6.45, 7) is 2.04. The van der Waals surface area contributed by atoms with E-state index in [-0.39, 0.29) is 0 Å². The largest absolute Gasteiger partial charge is 0.455 e. The van der Waals surface area contributed by atoms with E-state index >= 15 is 0 Å². The van der Waals surface area contributed by atoms with Crippen LogP contribution in [0.25, 0.3) is 115 Å². The maximum atomic E-state index is 6.67. The third kappa shape index (κ3) is 4.96. The van der Waals surface area contributed by atoms with Crippen LogP contribution in [-0.2, 0) is 0 Å². The molecule has 0 bridgehead atoms. The zero-order chi connectivity index (χ0) is 39.2. The van der Waals surface area contributed by atoms with Crippen LogP contribution in [0.1, 0.15) is 18.2 Å². The standard InChI is InChI=1S/C55H34N2OS/c1-3-15-48-38(4-2)40-28-26-34(30-50(40)56(48)36-16-6-5-7-17-36)35-27-29-41-39-18-8-11-23-49(39)57(51(41)31-35)37-32-46-43-20-10-13-25-53(43)59-55(46)47(33-37)45-22-14-21-44-42-19-9-12-24-52(42)58-54(44)45/h2-3,5-33H,1H3/b15-3-. The van der Waals surface area contributed by atoms with Crippen LogP contribution >= 0.6 is 11.3 Å². The fourth-order valence-corrected chi connectivity index (χ4v) is 10.6. The van der Waals surface area contributed by atoms with E-state index in [0.717, 1.165) is 83.2 Å². The summed E-state index contributed by atoms with van der Waals surface area (Å²) < 4.78 is 13.9. The van der Waals surface area contributed by atoms with Crippen LogP contribution in [-0.4, -0.2) is 9.13 Å². The van der Waals surface area contributed by atoms with E-state index in [0.29, 0.717) is 0 Å². The Hall–Kier alpha value is -7.58. The first-order chi connectivity index (χ1) is 29.2. The summed E-state index contributed by atoms with van der Waals surface area (Å²) in [6, 6.07) is 61.3. The first kappa shape index (κ1) is 33.5. The summed E-state index contributed by atoms with van der Waals surface area (Å²) in [7, 11) is 0. The highest BCUT2D eigenvalue weighted by Gasteiger charge is 2.21. The topological polar surface area (TPSA) is 23.0 Å². The van der Waals surface area contributed by atoms with Crippen molar-refractivity contribution in [2.45, 2.75) is 6.92 Å². The molecule has 8 aromatic carbocycles.